The third-order valence-corrected chi connectivity index (χ3v) is 3.02. The SMILES string of the molecule is Cc1cnc(C)c(C(Cc2ccccc2)C(=O)O)n1. The maximum absolute atomic E-state index is 11.5. The van der Waals surface area contributed by atoms with Crippen LogP contribution in [0.15, 0.2) is 36.5 Å². The van der Waals surface area contributed by atoms with Gasteiger partial charge in [0, 0.05) is 6.20 Å². The quantitative estimate of drug-likeness (QED) is 0.913. The van der Waals surface area contributed by atoms with E-state index in [0.29, 0.717) is 17.8 Å². The van der Waals surface area contributed by atoms with Gasteiger partial charge in [-0.3, -0.25) is 14.8 Å². The smallest absolute Gasteiger partial charge is 0.313 e. The van der Waals surface area contributed by atoms with E-state index in [1.54, 1.807) is 13.1 Å². The van der Waals surface area contributed by atoms with Crippen LogP contribution in [-0.4, -0.2) is 21.0 Å². The molecule has 0 spiro atoms. The number of aromatic nitrogens is 2. The molecule has 1 unspecified atom stereocenters. The van der Waals surface area contributed by atoms with E-state index in [0.717, 1.165) is 11.3 Å². The van der Waals surface area contributed by atoms with Crippen LogP contribution in [0.25, 0.3) is 0 Å². The normalized spacial score (nSPS) is 12.1. The summed E-state index contributed by atoms with van der Waals surface area (Å²) >= 11 is 0. The third kappa shape index (κ3) is 3.16. The highest BCUT2D eigenvalue weighted by molar-refractivity contribution is 5.76. The van der Waals surface area contributed by atoms with Crippen LogP contribution in [-0.2, 0) is 11.2 Å². The fourth-order valence-corrected chi connectivity index (χ4v) is 2.04. The van der Waals surface area contributed by atoms with Gasteiger partial charge in [-0.25, -0.2) is 0 Å². The lowest BCUT2D eigenvalue weighted by Gasteiger charge is -2.14. The zero-order valence-electron chi connectivity index (χ0n) is 11.0. The minimum absolute atomic E-state index is 0.426. The summed E-state index contributed by atoms with van der Waals surface area (Å²) in [6.07, 6.45) is 2.08. The number of aliphatic carboxylic acids is 1. The van der Waals surface area contributed by atoms with E-state index < -0.39 is 11.9 Å². The molecule has 0 saturated carbocycles. The van der Waals surface area contributed by atoms with E-state index in [4.69, 9.17) is 0 Å². The molecule has 4 nitrogen and oxygen atoms in total. The predicted molar refractivity (Wildman–Crippen MR) is 72.0 cm³/mol. The van der Waals surface area contributed by atoms with E-state index in [1.807, 2.05) is 37.3 Å². The molecule has 1 N–H and O–H groups in total. The second-order valence-electron chi connectivity index (χ2n) is 4.56. The summed E-state index contributed by atoms with van der Waals surface area (Å²) in [5, 5.41) is 9.44. The Morgan fingerprint density at radius 2 is 1.95 bits per heavy atom. The zero-order valence-corrected chi connectivity index (χ0v) is 11.0. The Balaban J connectivity index is 2.35. The van der Waals surface area contributed by atoms with Crippen LogP contribution in [0.1, 0.15) is 28.6 Å². The van der Waals surface area contributed by atoms with Gasteiger partial charge in [0.1, 0.15) is 5.92 Å². The number of carbonyl (C=O) groups is 1. The molecular formula is C15H16N2O2. The Morgan fingerprint density at radius 1 is 1.26 bits per heavy atom. The molecule has 0 saturated heterocycles. The molecule has 0 amide bonds. The molecule has 0 aliphatic heterocycles. The highest BCUT2D eigenvalue weighted by atomic mass is 16.4. The van der Waals surface area contributed by atoms with Crippen LogP contribution in [0.5, 0.6) is 0 Å². The van der Waals surface area contributed by atoms with Gasteiger partial charge in [0.05, 0.1) is 17.1 Å². The Kier molecular flexibility index (Phi) is 3.90. The van der Waals surface area contributed by atoms with Crippen molar-refractivity contribution in [3.8, 4) is 0 Å². The number of rotatable bonds is 4. The van der Waals surface area contributed by atoms with Crippen molar-refractivity contribution in [2.45, 2.75) is 26.2 Å². The van der Waals surface area contributed by atoms with Crippen LogP contribution >= 0.6 is 0 Å². The van der Waals surface area contributed by atoms with Gasteiger partial charge >= 0.3 is 5.97 Å². The van der Waals surface area contributed by atoms with Gasteiger partial charge in [-0.15, -0.1) is 0 Å². The molecule has 0 fully saturated rings. The summed E-state index contributed by atoms with van der Waals surface area (Å²) in [4.78, 5) is 20.0. The first-order valence-corrected chi connectivity index (χ1v) is 6.15. The van der Waals surface area contributed by atoms with E-state index in [-0.39, 0.29) is 0 Å². The predicted octanol–water partition coefficient (Wildman–Crippen LogP) is 2.50. The van der Waals surface area contributed by atoms with Crippen LogP contribution in [0.2, 0.25) is 0 Å². The van der Waals surface area contributed by atoms with Crippen molar-refractivity contribution < 1.29 is 9.90 Å². The maximum atomic E-state index is 11.5. The first kappa shape index (κ1) is 13.2. The second kappa shape index (κ2) is 5.61. The van der Waals surface area contributed by atoms with Gasteiger partial charge in [-0.1, -0.05) is 30.3 Å². The number of nitrogens with zero attached hydrogens (tertiary/aromatic N) is 2. The van der Waals surface area contributed by atoms with E-state index in [9.17, 15) is 9.90 Å². The van der Waals surface area contributed by atoms with Crippen molar-refractivity contribution in [2.24, 2.45) is 0 Å². The standard InChI is InChI=1S/C15H16N2O2/c1-10-9-16-11(2)14(17-10)13(15(18)19)8-12-6-4-3-5-7-12/h3-7,9,13H,8H2,1-2H3,(H,18,19). The monoisotopic (exact) mass is 256 g/mol. The van der Waals surface area contributed by atoms with Gasteiger partial charge in [-0.05, 0) is 25.8 Å². The van der Waals surface area contributed by atoms with Crippen LogP contribution in [0, 0.1) is 13.8 Å². The molecule has 4 heteroatoms. The summed E-state index contributed by atoms with van der Waals surface area (Å²) in [7, 11) is 0. The molecule has 1 aromatic carbocycles. The first-order valence-electron chi connectivity index (χ1n) is 6.15. The topological polar surface area (TPSA) is 63.1 Å². The molecule has 2 aromatic rings. The minimum atomic E-state index is -0.869. The lowest BCUT2D eigenvalue weighted by atomic mass is 9.95. The highest BCUT2D eigenvalue weighted by Gasteiger charge is 2.24. The van der Waals surface area contributed by atoms with Crippen LogP contribution in [0.4, 0.5) is 0 Å². The lowest BCUT2D eigenvalue weighted by molar-refractivity contribution is -0.138. The molecule has 19 heavy (non-hydrogen) atoms. The molecule has 1 heterocycles. The molecule has 0 bridgehead atoms. The fraction of sp³-hybridized carbons (Fsp3) is 0.267. The van der Waals surface area contributed by atoms with E-state index >= 15 is 0 Å². The summed E-state index contributed by atoms with van der Waals surface area (Å²) in [5.74, 6) is -1.53. The summed E-state index contributed by atoms with van der Waals surface area (Å²) in [6, 6.07) is 9.58. The molecule has 98 valence electrons. The summed E-state index contributed by atoms with van der Waals surface area (Å²) < 4.78 is 0. The molecular weight excluding hydrogens is 240 g/mol. The second-order valence-corrected chi connectivity index (χ2v) is 4.56. The van der Waals surface area contributed by atoms with Crippen molar-refractivity contribution in [1.82, 2.24) is 9.97 Å². The van der Waals surface area contributed by atoms with Gasteiger partial charge in [-0.2, -0.15) is 0 Å². The molecule has 1 atom stereocenters. The average molecular weight is 256 g/mol. The van der Waals surface area contributed by atoms with Gasteiger partial charge in [0.2, 0.25) is 0 Å². The lowest BCUT2D eigenvalue weighted by Crippen LogP contribution is -2.18. The Hall–Kier alpha value is -2.23. The summed E-state index contributed by atoms with van der Waals surface area (Å²) in [5.41, 5.74) is 2.95. The largest absolute Gasteiger partial charge is 0.481 e. The Labute approximate surface area is 112 Å². The third-order valence-electron chi connectivity index (χ3n) is 3.02. The number of carboxylic acid groups (broad SMARTS) is 1. The van der Waals surface area contributed by atoms with Crippen molar-refractivity contribution in [3.05, 3.63) is 59.2 Å². The van der Waals surface area contributed by atoms with Crippen molar-refractivity contribution in [2.75, 3.05) is 0 Å². The molecule has 2 rings (SSSR count). The van der Waals surface area contributed by atoms with E-state index in [2.05, 4.69) is 9.97 Å². The number of benzene rings is 1. The van der Waals surface area contributed by atoms with Crippen molar-refractivity contribution in [3.63, 3.8) is 0 Å². The molecule has 0 radical (unpaired) electrons. The Bertz CT molecular complexity index is 582. The minimum Gasteiger partial charge on any atom is -0.481 e. The van der Waals surface area contributed by atoms with Crippen molar-refractivity contribution in [1.29, 1.82) is 0 Å². The molecule has 1 aromatic heterocycles. The molecule has 0 aliphatic rings. The molecule has 0 aliphatic carbocycles. The van der Waals surface area contributed by atoms with Gasteiger partial charge in [0.15, 0.2) is 0 Å². The highest BCUT2D eigenvalue weighted by Crippen LogP contribution is 2.22. The average Bonchev–Trinajstić information content (AvgIpc) is 2.40. The van der Waals surface area contributed by atoms with Crippen LogP contribution in [0.3, 0.4) is 0 Å². The van der Waals surface area contributed by atoms with Crippen molar-refractivity contribution >= 4 is 5.97 Å². The van der Waals surface area contributed by atoms with Crippen LogP contribution < -0.4 is 0 Å². The maximum Gasteiger partial charge on any atom is 0.313 e. The zero-order chi connectivity index (χ0) is 13.8. The summed E-state index contributed by atoms with van der Waals surface area (Å²) in [6.45, 7) is 3.61. The Morgan fingerprint density at radius 3 is 2.58 bits per heavy atom. The number of hydrogen-bond donors (Lipinski definition) is 1. The van der Waals surface area contributed by atoms with Gasteiger partial charge < -0.3 is 5.11 Å². The fourth-order valence-electron chi connectivity index (χ4n) is 2.04. The van der Waals surface area contributed by atoms with Gasteiger partial charge in [0.25, 0.3) is 0 Å². The van der Waals surface area contributed by atoms with E-state index in [1.165, 1.54) is 0 Å². The number of aryl methyl sites for hydroxylation is 2. The number of carboxylic acids is 1. The first-order chi connectivity index (χ1) is 9.08. The number of hydrogen-bond acceptors (Lipinski definition) is 3.